The van der Waals surface area contributed by atoms with Crippen molar-refractivity contribution in [2.24, 2.45) is 0 Å². The summed E-state index contributed by atoms with van der Waals surface area (Å²) in [5, 5.41) is 3.78. The van der Waals surface area contributed by atoms with E-state index in [2.05, 4.69) is 34.0 Å². The Hall–Kier alpha value is -2.74. The Balaban J connectivity index is 1.54. The number of rotatable bonds is 9. The van der Waals surface area contributed by atoms with Gasteiger partial charge in [0, 0.05) is 17.2 Å². The van der Waals surface area contributed by atoms with Crippen molar-refractivity contribution in [2.45, 2.75) is 20.7 Å². The van der Waals surface area contributed by atoms with Crippen LogP contribution in [0.25, 0.3) is 0 Å². The van der Waals surface area contributed by atoms with E-state index in [1.807, 2.05) is 60.7 Å². The maximum Gasteiger partial charge on any atom is 0.260 e. The second-order valence-electron chi connectivity index (χ2n) is 6.88. The highest BCUT2D eigenvalue weighted by molar-refractivity contribution is 8.01. The van der Waals surface area contributed by atoms with Crippen LogP contribution in [0.2, 0.25) is 0 Å². The van der Waals surface area contributed by atoms with Gasteiger partial charge in [-0.25, -0.2) is 0 Å². The number of benzene rings is 3. The van der Waals surface area contributed by atoms with Crippen LogP contribution in [-0.4, -0.2) is 17.4 Å². The molecule has 0 radical (unpaired) electrons. The van der Waals surface area contributed by atoms with Gasteiger partial charge in [0.05, 0.1) is 16.9 Å². The van der Waals surface area contributed by atoms with E-state index in [4.69, 9.17) is 4.74 Å². The average Bonchev–Trinajstić information content (AvgIpc) is 3.26. The summed E-state index contributed by atoms with van der Waals surface area (Å²) in [4.78, 5) is 13.3. The number of hydrogen-bond donors (Lipinski definition) is 1. The van der Waals surface area contributed by atoms with Gasteiger partial charge in [0.1, 0.15) is 10.8 Å². The first kappa shape index (κ1) is 22.5. The molecule has 0 saturated heterocycles. The van der Waals surface area contributed by atoms with Crippen molar-refractivity contribution in [3.63, 3.8) is 0 Å². The van der Waals surface area contributed by atoms with E-state index in [1.54, 1.807) is 30.6 Å². The molecule has 4 aromatic rings. The maximum atomic E-state index is 13.3. The van der Waals surface area contributed by atoms with Gasteiger partial charge in [-0.3, -0.25) is 4.79 Å². The highest BCUT2D eigenvalue weighted by Crippen LogP contribution is 2.38. The van der Waals surface area contributed by atoms with Crippen molar-refractivity contribution in [2.75, 3.05) is 12.4 Å². The lowest BCUT2D eigenvalue weighted by Gasteiger charge is -2.09. The molecule has 162 valence electrons. The number of thioether (sulfide) groups is 2. The zero-order valence-corrected chi connectivity index (χ0v) is 19.9. The lowest BCUT2D eigenvalue weighted by atomic mass is 10.2. The van der Waals surface area contributed by atoms with Gasteiger partial charge < -0.3 is 10.1 Å². The molecular formula is C25H22N2O2S3. The Morgan fingerprint density at radius 2 is 1.47 bits per heavy atom. The predicted octanol–water partition coefficient (Wildman–Crippen LogP) is 6.99. The summed E-state index contributed by atoms with van der Waals surface area (Å²) in [6.07, 6.45) is 0. The zero-order valence-electron chi connectivity index (χ0n) is 17.5. The molecule has 32 heavy (non-hydrogen) atoms. The number of aromatic nitrogens is 1. The fourth-order valence-electron chi connectivity index (χ4n) is 2.97. The quantitative estimate of drug-likeness (QED) is 0.263. The molecule has 1 heterocycles. The number of methoxy groups -OCH3 is 1. The number of nitrogens with zero attached hydrogens (tertiary/aromatic N) is 1. The molecule has 0 unspecified atom stereocenters. The highest BCUT2D eigenvalue weighted by Gasteiger charge is 2.22. The molecule has 4 nitrogen and oxygen atoms in total. The van der Waals surface area contributed by atoms with E-state index < -0.39 is 0 Å². The molecular weight excluding hydrogens is 456 g/mol. The first-order valence-electron chi connectivity index (χ1n) is 10.0. The van der Waals surface area contributed by atoms with E-state index in [0.717, 1.165) is 32.2 Å². The molecule has 0 saturated carbocycles. The number of nitrogens with one attached hydrogen (secondary N) is 1. The second kappa shape index (κ2) is 11.2. The molecule has 0 aliphatic carbocycles. The third-order valence-electron chi connectivity index (χ3n) is 4.64. The van der Waals surface area contributed by atoms with Gasteiger partial charge in [-0.15, -0.1) is 11.8 Å². The fourth-order valence-corrected chi connectivity index (χ4v) is 6.11. The van der Waals surface area contributed by atoms with E-state index in [9.17, 15) is 4.79 Å². The molecule has 0 aliphatic rings. The Bertz CT molecular complexity index is 1090. The van der Waals surface area contributed by atoms with Gasteiger partial charge in [-0.05, 0) is 46.9 Å². The van der Waals surface area contributed by atoms with Crippen molar-refractivity contribution >= 4 is 46.7 Å². The molecule has 0 spiro atoms. The number of carbonyl (C=O) groups excluding carboxylic acids is 1. The molecule has 1 N–H and O–H groups in total. The first-order valence-corrected chi connectivity index (χ1v) is 12.8. The lowest BCUT2D eigenvalue weighted by molar-refractivity contribution is 0.102. The predicted molar refractivity (Wildman–Crippen MR) is 135 cm³/mol. The normalized spacial score (nSPS) is 10.7. The largest absolute Gasteiger partial charge is 0.497 e. The van der Waals surface area contributed by atoms with Crippen LogP contribution in [0.1, 0.15) is 21.5 Å². The Morgan fingerprint density at radius 3 is 2.06 bits per heavy atom. The summed E-state index contributed by atoms with van der Waals surface area (Å²) in [6, 6.07) is 27.8. The molecule has 0 fully saturated rings. The van der Waals surface area contributed by atoms with Crippen molar-refractivity contribution < 1.29 is 9.53 Å². The number of carbonyl (C=O) groups is 1. The zero-order chi connectivity index (χ0) is 22.2. The third kappa shape index (κ3) is 5.94. The van der Waals surface area contributed by atoms with Crippen LogP contribution in [0.3, 0.4) is 0 Å². The van der Waals surface area contributed by atoms with Crippen LogP contribution in [0, 0.1) is 0 Å². The summed E-state index contributed by atoms with van der Waals surface area (Å²) in [5.74, 6) is 2.15. The second-order valence-corrected chi connectivity index (χ2v) is 9.86. The van der Waals surface area contributed by atoms with E-state index in [1.165, 1.54) is 22.7 Å². The highest BCUT2D eigenvalue weighted by atomic mass is 32.2. The number of ether oxygens (including phenoxy) is 1. The molecule has 1 amide bonds. The Labute approximate surface area is 200 Å². The molecule has 4 rings (SSSR count). The van der Waals surface area contributed by atoms with E-state index >= 15 is 0 Å². The molecule has 7 heteroatoms. The van der Waals surface area contributed by atoms with Crippen molar-refractivity contribution in [1.29, 1.82) is 0 Å². The fraction of sp³-hybridized carbons (Fsp3) is 0.120. The number of hydrogen-bond acceptors (Lipinski definition) is 6. The van der Waals surface area contributed by atoms with Crippen molar-refractivity contribution in [3.05, 3.63) is 102 Å². The monoisotopic (exact) mass is 478 g/mol. The van der Waals surface area contributed by atoms with Crippen LogP contribution in [0.5, 0.6) is 5.75 Å². The van der Waals surface area contributed by atoms with Gasteiger partial charge in [0.2, 0.25) is 0 Å². The first-order chi connectivity index (χ1) is 15.7. The minimum Gasteiger partial charge on any atom is -0.497 e. The average molecular weight is 479 g/mol. The molecule has 0 bridgehead atoms. The molecule has 3 aromatic carbocycles. The van der Waals surface area contributed by atoms with Gasteiger partial charge in [0.15, 0.2) is 0 Å². The Morgan fingerprint density at radius 1 is 0.875 bits per heavy atom. The maximum absolute atomic E-state index is 13.3. The summed E-state index contributed by atoms with van der Waals surface area (Å²) in [5.41, 5.74) is 3.78. The lowest BCUT2D eigenvalue weighted by Crippen LogP contribution is -2.13. The van der Waals surface area contributed by atoms with Gasteiger partial charge in [-0.1, -0.05) is 72.4 Å². The van der Waals surface area contributed by atoms with Gasteiger partial charge in [0.25, 0.3) is 5.91 Å². The van der Waals surface area contributed by atoms with Crippen LogP contribution < -0.4 is 10.1 Å². The third-order valence-corrected chi connectivity index (χ3v) is 7.96. The minimum absolute atomic E-state index is 0.143. The molecule has 1 aromatic heterocycles. The van der Waals surface area contributed by atoms with E-state index in [-0.39, 0.29) is 5.91 Å². The topological polar surface area (TPSA) is 51.2 Å². The number of amides is 1. The summed E-state index contributed by atoms with van der Waals surface area (Å²) >= 11 is 4.63. The van der Waals surface area contributed by atoms with Crippen LogP contribution in [0.15, 0.2) is 94.2 Å². The Kier molecular flexibility index (Phi) is 7.87. The smallest absolute Gasteiger partial charge is 0.260 e. The standard InChI is InChI=1S/C25H22N2O2S3/c1-29-21-14-12-20(13-15-21)26-23(28)22-24(30-16-18-8-4-2-5-9-18)27-32-25(22)31-17-19-10-6-3-7-11-19/h2-15H,16-17H2,1H3,(H,26,28). The van der Waals surface area contributed by atoms with Crippen molar-refractivity contribution in [3.8, 4) is 5.75 Å². The SMILES string of the molecule is COc1ccc(NC(=O)c2c(SCc3ccccc3)nsc2SCc2ccccc2)cc1. The van der Waals surface area contributed by atoms with Crippen LogP contribution in [0.4, 0.5) is 5.69 Å². The number of anilines is 1. The summed E-state index contributed by atoms with van der Waals surface area (Å²) in [6.45, 7) is 0. The van der Waals surface area contributed by atoms with Crippen molar-refractivity contribution in [1.82, 2.24) is 4.37 Å². The van der Waals surface area contributed by atoms with Gasteiger partial charge in [-0.2, -0.15) is 4.37 Å². The summed E-state index contributed by atoms with van der Waals surface area (Å²) < 4.78 is 10.8. The van der Waals surface area contributed by atoms with Gasteiger partial charge >= 0.3 is 0 Å². The molecule has 0 atom stereocenters. The van der Waals surface area contributed by atoms with E-state index in [0.29, 0.717) is 5.56 Å². The van der Waals surface area contributed by atoms with Crippen LogP contribution >= 0.6 is 35.1 Å². The molecule has 0 aliphatic heterocycles. The summed E-state index contributed by atoms with van der Waals surface area (Å²) in [7, 11) is 1.62. The van der Waals surface area contributed by atoms with Crippen LogP contribution in [-0.2, 0) is 11.5 Å². The minimum atomic E-state index is -0.143.